The van der Waals surface area contributed by atoms with Gasteiger partial charge in [-0.25, -0.2) is 0 Å². The lowest BCUT2D eigenvalue weighted by molar-refractivity contribution is -0.136. The highest BCUT2D eigenvalue weighted by atomic mass is 16.5. The molecular weight excluding hydrogens is 370 g/mol. The van der Waals surface area contributed by atoms with Crippen LogP contribution in [0.3, 0.4) is 0 Å². The molecule has 7 heteroatoms. The Labute approximate surface area is 171 Å². The van der Waals surface area contributed by atoms with E-state index in [9.17, 15) is 9.59 Å². The van der Waals surface area contributed by atoms with Crippen LogP contribution >= 0.6 is 0 Å². The van der Waals surface area contributed by atoms with E-state index < -0.39 is 11.8 Å². The zero-order chi connectivity index (χ0) is 20.5. The molecule has 2 amide bonds. The topological polar surface area (TPSA) is 79.9 Å². The minimum absolute atomic E-state index is 0.445. The molecule has 0 saturated carbocycles. The van der Waals surface area contributed by atoms with Crippen molar-refractivity contribution in [3.05, 3.63) is 54.1 Å². The van der Waals surface area contributed by atoms with Crippen molar-refractivity contribution in [3.63, 3.8) is 0 Å². The zero-order valence-electron chi connectivity index (χ0n) is 16.6. The van der Waals surface area contributed by atoms with Gasteiger partial charge >= 0.3 is 11.8 Å². The summed E-state index contributed by atoms with van der Waals surface area (Å²) < 4.78 is 10.4. The molecule has 29 heavy (non-hydrogen) atoms. The first kappa shape index (κ1) is 20.7. The first-order valence-electron chi connectivity index (χ1n) is 9.80. The molecule has 2 aromatic carbocycles. The van der Waals surface area contributed by atoms with E-state index in [4.69, 9.17) is 9.47 Å². The second-order valence-corrected chi connectivity index (χ2v) is 6.81. The largest absolute Gasteiger partial charge is 0.497 e. The molecule has 0 spiro atoms. The third-order valence-electron chi connectivity index (χ3n) is 4.79. The number of methoxy groups -OCH3 is 1. The summed E-state index contributed by atoms with van der Waals surface area (Å²) in [6.07, 6.45) is 1.60. The van der Waals surface area contributed by atoms with Gasteiger partial charge in [0, 0.05) is 31.0 Å². The molecule has 0 bridgehead atoms. The van der Waals surface area contributed by atoms with Gasteiger partial charge in [0.1, 0.15) is 5.75 Å². The van der Waals surface area contributed by atoms with Crippen molar-refractivity contribution in [3.8, 4) is 5.75 Å². The standard InChI is InChI=1S/C22H27N3O4/c1-28-20-10-6-18(7-11-20)24-22(27)21(26)23-12-2-3-17-4-8-19(9-5-17)25-13-15-29-16-14-25/h4-11H,2-3,12-16H2,1H3,(H,23,26)(H,24,27). The number of ether oxygens (including phenoxy) is 2. The Balaban J connectivity index is 1.36. The van der Waals surface area contributed by atoms with Gasteiger partial charge in [-0.3, -0.25) is 9.59 Å². The van der Waals surface area contributed by atoms with Gasteiger partial charge in [-0.2, -0.15) is 0 Å². The number of benzene rings is 2. The van der Waals surface area contributed by atoms with E-state index in [1.807, 2.05) is 0 Å². The highest BCUT2D eigenvalue weighted by molar-refractivity contribution is 6.39. The predicted molar refractivity (Wildman–Crippen MR) is 112 cm³/mol. The number of amides is 2. The van der Waals surface area contributed by atoms with Crippen LogP contribution < -0.4 is 20.3 Å². The minimum atomic E-state index is -0.676. The fourth-order valence-corrected chi connectivity index (χ4v) is 3.13. The maximum atomic E-state index is 12.0. The summed E-state index contributed by atoms with van der Waals surface area (Å²) in [6.45, 7) is 3.83. The summed E-state index contributed by atoms with van der Waals surface area (Å²) in [6, 6.07) is 15.3. The smallest absolute Gasteiger partial charge is 0.313 e. The van der Waals surface area contributed by atoms with Crippen molar-refractivity contribution >= 4 is 23.2 Å². The molecule has 2 aromatic rings. The lowest BCUT2D eigenvalue weighted by Gasteiger charge is -2.28. The van der Waals surface area contributed by atoms with Crippen LogP contribution in [0.2, 0.25) is 0 Å². The van der Waals surface area contributed by atoms with Crippen LogP contribution in [0, 0.1) is 0 Å². The van der Waals surface area contributed by atoms with Crippen molar-refractivity contribution in [2.75, 3.05) is 50.2 Å². The van der Waals surface area contributed by atoms with Gasteiger partial charge in [-0.1, -0.05) is 12.1 Å². The molecule has 0 aliphatic carbocycles. The van der Waals surface area contributed by atoms with E-state index in [0.717, 1.165) is 39.1 Å². The van der Waals surface area contributed by atoms with E-state index >= 15 is 0 Å². The molecular formula is C22H27N3O4. The predicted octanol–water partition coefficient (Wildman–Crippen LogP) is 2.22. The van der Waals surface area contributed by atoms with Crippen molar-refractivity contribution < 1.29 is 19.1 Å². The van der Waals surface area contributed by atoms with Crippen LogP contribution in [0.5, 0.6) is 5.75 Å². The SMILES string of the molecule is COc1ccc(NC(=O)C(=O)NCCCc2ccc(N3CCOCC3)cc2)cc1. The number of anilines is 2. The fraction of sp³-hybridized carbons (Fsp3) is 0.364. The minimum Gasteiger partial charge on any atom is -0.497 e. The second kappa shape index (κ2) is 10.5. The zero-order valence-corrected chi connectivity index (χ0v) is 16.6. The van der Waals surface area contributed by atoms with Crippen LogP contribution in [-0.2, 0) is 20.7 Å². The number of aryl methyl sites for hydroxylation is 1. The lowest BCUT2D eigenvalue weighted by Crippen LogP contribution is -2.36. The quantitative estimate of drug-likeness (QED) is 0.553. The molecule has 154 valence electrons. The fourth-order valence-electron chi connectivity index (χ4n) is 3.13. The molecule has 2 N–H and O–H groups in total. The Morgan fingerprint density at radius 2 is 1.69 bits per heavy atom. The van der Waals surface area contributed by atoms with Crippen LogP contribution in [-0.4, -0.2) is 51.8 Å². The first-order valence-corrected chi connectivity index (χ1v) is 9.80. The molecule has 1 aliphatic rings. The average Bonchev–Trinajstić information content (AvgIpc) is 2.78. The Kier molecular flexibility index (Phi) is 7.47. The molecule has 1 saturated heterocycles. The summed E-state index contributed by atoms with van der Waals surface area (Å²) in [7, 11) is 1.57. The van der Waals surface area contributed by atoms with Crippen LogP contribution in [0.1, 0.15) is 12.0 Å². The Morgan fingerprint density at radius 1 is 1.00 bits per heavy atom. The van der Waals surface area contributed by atoms with Crippen LogP contribution in [0.25, 0.3) is 0 Å². The van der Waals surface area contributed by atoms with E-state index in [2.05, 4.69) is 39.8 Å². The van der Waals surface area contributed by atoms with Gasteiger partial charge < -0.3 is 25.0 Å². The maximum absolute atomic E-state index is 12.0. The lowest BCUT2D eigenvalue weighted by atomic mass is 10.1. The third kappa shape index (κ3) is 6.22. The van der Waals surface area contributed by atoms with Gasteiger partial charge in [0.2, 0.25) is 0 Å². The number of carbonyl (C=O) groups excluding carboxylic acids is 2. The number of carbonyl (C=O) groups is 2. The molecule has 7 nitrogen and oxygen atoms in total. The number of nitrogens with zero attached hydrogens (tertiary/aromatic N) is 1. The Hall–Kier alpha value is -3.06. The van der Waals surface area contributed by atoms with Gasteiger partial charge in [0.25, 0.3) is 0 Å². The maximum Gasteiger partial charge on any atom is 0.313 e. The van der Waals surface area contributed by atoms with Crippen molar-refractivity contribution in [1.82, 2.24) is 5.32 Å². The van der Waals surface area contributed by atoms with Crippen molar-refractivity contribution in [1.29, 1.82) is 0 Å². The molecule has 0 atom stereocenters. The number of hydrogen-bond acceptors (Lipinski definition) is 5. The van der Waals surface area contributed by atoms with Gasteiger partial charge in [-0.15, -0.1) is 0 Å². The molecule has 1 heterocycles. The van der Waals surface area contributed by atoms with Crippen molar-refractivity contribution in [2.24, 2.45) is 0 Å². The van der Waals surface area contributed by atoms with Crippen molar-refractivity contribution in [2.45, 2.75) is 12.8 Å². The van der Waals surface area contributed by atoms with Crippen LogP contribution in [0.4, 0.5) is 11.4 Å². The Morgan fingerprint density at radius 3 is 2.34 bits per heavy atom. The molecule has 3 rings (SSSR count). The van der Waals surface area contributed by atoms with E-state index in [-0.39, 0.29) is 0 Å². The first-order chi connectivity index (χ1) is 14.2. The third-order valence-corrected chi connectivity index (χ3v) is 4.79. The molecule has 1 aliphatic heterocycles. The summed E-state index contributed by atoms with van der Waals surface area (Å²) >= 11 is 0. The second-order valence-electron chi connectivity index (χ2n) is 6.81. The number of hydrogen-bond donors (Lipinski definition) is 2. The van der Waals surface area contributed by atoms with Gasteiger partial charge in [-0.05, 0) is 54.8 Å². The summed E-state index contributed by atoms with van der Waals surface area (Å²) in [5, 5.41) is 5.23. The van der Waals surface area contributed by atoms with Gasteiger partial charge in [0.05, 0.1) is 20.3 Å². The molecule has 0 unspecified atom stereocenters. The monoisotopic (exact) mass is 397 g/mol. The highest BCUT2D eigenvalue weighted by Crippen LogP contribution is 2.17. The number of morpholine rings is 1. The Bertz CT molecular complexity index is 800. The normalized spacial score (nSPS) is 13.6. The van der Waals surface area contributed by atoms with E-state index in [1.54, 1.807) is 31.4 Å². The van der Waals surface area contributed by atoms with Gasteiger partial charge in [0.15, 0.2) is 0 Å². The molecule has 0 aromatic heterocycles. The van der Waals surface area contributed by atoms with Crippen LogP contribution in [0.15, 0.2) is 48.5 Å². The number of rotatable bonds is 7. The molecule has 1 fully saturated rings. The summed E-state index contributed by atoms with van der Waals surface area (Å²) in [5.41, 5.74) is 2.96. The number of nitrogens with one attached hydrogen (secondary N) is 2. The molecule has 0 radical (unpaired) electrons. The summed E-state index contributed by atoms with van der Waals surface area (Å²) in [5.74, 6) is -0.626. The highest BCUT2D eigenvalue weighted by Gasteiger charge is 2.13. The van der Waals surface area contributed by atoms with E-state index in [1.165, 1.54) is 11.3 Å². The average molecular weight is 397 g/mol. The summed E-state index contributed by atoms with van der Waals surface area (Å²) in [4.78, 5) is 26.2. The van der Waals surface area contributed by atoms with E-state index in [0.29, 0.717) is 18.0 Å².